The Labute approximate surface area is 116 Å². The van der Waals surface area contributed by atoms with Crippen molar-refractivity contribution in [2.45, 2.75) is 23.8 Å². The van der Waals surface area contributed by atoms with Crippen LogP contribution >= 0.6 is 0 Å². The molecule has 3 N–H and O–H groups in total. The zero-order valence-electron chi connectivity index (χ0n) is 11.4. The summed E-state index contributed by atoms with van der Waals surface area (Å²) in [5.74, 6) is 0.228. The SMILES string of the molecule is Cn1cc(S(=O)(=O)NC(CN)C2CC2)c(=O)n(C)c1=O. The minimum atomic E-state index is -3.99. The molecule has 1 aromatic heterocycles. The molecule has 0 aliphatic heterocycles. The molecule has 1 atom stereocenters. The van der Waals surface area contributed by atoms with Gasteiger partial charge in [0.15, 0.2) is 4.90 Å². The molecule has 0 aromatic carbocycles. The number of aromatic nitrogens is 2. The summed E-state index contributed by atoms with van der Waals surface area (Å²) in [7, 11) is -1.36. The van der Waals surface area contributed by atoms with Crippen molar-refractivity contribution in [1.29, 1.82) is 0 Å². The van der Waals surface area contributed by atoms with E-state index in [1.807, 2.05) is 0 Å². The highest BCUT2D eigenvalue weighted by molar-refractivity contribution is 7.89. The second-order valence-electron chi connectivity index (χ2n) is 5.05. The first-order valence-corrected chi connectivity index (χ1v) is 7.75. The normalized spacial score (nSPS) is 17.1. The Hall–Kier alpha value is -1.45. The van der Waals surface area contributed by atoms with Gasteiger partial charge in [0.25, 0.3) is 5.56 Å². The number of rotatable bonds is 5. The van der Waals surface area contributed by atoms with Crippen molar-refractivity contribution in [3.8, 4) is 0 Å². The first-order chi connectivity index (χ1) is 9.27. The van der Waals surface area contributed by atoms with E-state index in [0.717, 1.165) is 28.2 Å². The van der Waals surface area contributed by atoms with Gasteiger partial charge in [-0.3, -0.25) is 9.36 Å². The fourth-order valence-electron chi connectivity index (χ4n) is 2.06. The molecule has 9 heteroatoms. The molecule has 1 aliphatic carbocycles. The van der Waals surface area contributed by atoms with Gasteiger partial charge >= 0.3 is 5.69 Å². The maximum absolute atomic E-state index is 12.3. The van der Waals surface area contributed by atoms with Gasteiger partial charge in [0, 0.05) is 32.9 Å². The number of hydrogen-bond donors (Lipinski definition) is 2. The molecular formula is C11H18N4O4S. The lowest BCUT2D eigenvalue weighted by atomic mass is 10.2. The van der Waals surface area contributed by atoms with Gasteiger partial charge in [-0.2, -0.15) is 0 Å². The summed E-state index contributed by atoms with van der Waals surface area (Å²) >= 11 is 0. The second kappa shape index (κ2) is 5.15. The molecule has 1 saturated carbocycles. The number of sulfonamides is 1. The van der Waals surface area contributed by atoms with Crippen LogP contribution in [0.1, 0.15) is 12.8 Å². The standard InChI is InChI=1S/C11H18N4O4S/c1-14-6-9(10(16)15(2)11(14)17)20(18,19)13-8(5-12)7-3-4-7/h6-8,13H,3-5,12H2,1-2H3. The average Bonchev–Trinajstić information content (AvgIpc) is 3.22. The lowest BCUT2D eigenvalue weighted by Gasteiger charge is -2.16. The van der Waals surface area contributed by atoms with Crippen LogP contribution in [0.2, 0.25) is 0 Å². The Morgan fingerprint density at radius 3 is 2.50 bits per heavy atom. The van der Waals surface area contributed by atoms with E-state index in [2.05, 4.69) is 4.72 Å². The summed E-state index contributed by atoms with van der Waals surface area (Å²) in [6.45, 7) is 0.177. The average molecular weight is 302 g/mol. The minimum Gasteiger partial charge on any atom is -0.329 e. The molecule has 1 heterocycles. The van der Waals surface area contributed by atoms with Crippen LogP contribution in [-0.4, -0.2) is 30.1 Å². The quantitative estimate of drug-likeness (QED) is 0.659. The maximum Gasteiger partial charge on any atom is 0.330 e. The van der Waals surface area contributed by atoms with Crippen molar-refractivity contribution < 1.29 is 8.42 Å². The largest absolute Gasteiger partial charge is 0.330 e. The van der Waals surface area contributed by atoms with E-state index in [1.165, 1.54) is 14.1 Å². The van der Waals surface area contributed by atoms with Crippen LogP contribution in [0.25, 0.3) is 0 Å². The third-order valence-electron chi connectivity index (χ3n) is 3.46. The van der Waals surface area contributed by atoms with E-state index in [9.17, 15) is 18.0 Å². The van der Waals surface area contributed by atoms with Crippen LogP contribution < -0.4 is 21.7 Å². The molecule has 112 valence electrons. The van der Waals surface area contributed by atoms with Crippen LogP contribution in [0.3, 0.4) is 0 Å². The van der Waals surface area contributed by atoms with Crippen LogP contribution in [0, 0.1) is 5.92 Å². The fourth-order valence-corrected chi connectivity index (χ4v) is 3.54. The Kier molecular flexibility index (Phi) is 3.85. The highest BCUT2D eigenvalue weighted by Crippen LogP contribution is 2.32. The van der Waals surface area contributed by atoms with E-state index in [4.69, 9.17) is 5.73 Å². The van der Waals surface area contributed by atoms with Crippen molar-refractivity contribution in [1.82, 2.24) is 13.9 Å². The van der Waals surface area contributed by atoms with Gasteiger partial charge in [-0.25, -0.2) is 17.9 Å². The maximum atomic E-state index is 12.3. The van der Waals surface area contributed by atoms with Gasteiger partial charge in [-0.1, -0.05) is 0 Å². The summed E-state index contributed by atoms with van der Waals surface area (Å²) in [6, 6.07) is -0.373. The molecule has 2 rings (SSSR count). The third kappa shape index (κ3) is 2.69. The van der Waals surface area contributed by atoms with Crippen molar-refractivity contribution >= 4 is 10.0 Å². The Morgan fingerprint density at radius 2 is 2.00 bits per heavy atom. The van der Waals surface area contributed by atoms with Gasteiger partial charge in [-0.05, 0) is 18.8 Å². The smallest absolute Gasteiger partial charge is 0.329 e. The molecular weight excluding hydrogens is 284 g/mol. The van der Waals surface area contributed by atoms with E-state index in [0.29, 0.717) is 0 Å². The molecule has 20 heavy (non-hydrogen) atoms. The number of nitrogens with one attached hydrogen (secondary N) is 1. The highest BCUT2D eigenvalue weighted by Gasteiger charge is 2.34. The van der Waals surface area contributed by atoms with E-state index < -0.39 is 26.2 Å². The summed E-state index contributed by atoms with van der Waals surface area (Å²) in [4.78, 5) is 23.1. The molecule has 1 unspecified atom stereocenters. The monoisotopic (exact) mass is 302 g/mol. The first-order valence-electron chi connectivity index (χ1n) is 6.27. The molecule has 0 spiro atoms. The van der Waals surface area contributed by atoms with E-state index in [-0.39, 0.29) is 18.5 Å². The van der Waals surface area contributed by atoms with Gasteiger partial charge in [0.05, 0.1) is 0 Å². The summed E-state index contributed by atoms with van der Waals surface area (Å²) in [5, 5.41) is 0. The summed E-state index contributed by atoms with van der Waals surface area (Å²) in [6.07, 6.45) is 2.89. The van der Waals surface area contributed by atoms with Crippen LogP contribution in [-0.2, 0) is 24.1 Å². The number of nitrogens with zero attached hydrogens (tertiary/aromatic N) is 2. The van der Waals surface area contributed by atoms with Gasteiger partial charge in [0.1, 0.15) is 0 Å². The predicted molar refractivity (Wildman–Crippen MR) is 72.8 cm³/mol. The summed E-state index contributed by atoms with van der Waals surface area (Å²) < 4.78 is 28.8. The number of nitrogens with two attached hydrogens (primary N) is 1. The van der Waals surface area contributed by atoms with Crippen molar-refractivity contribution in [2.24, 2.45) is 25.7 Å². The number of aryl methyl sites for hydroxylation is 1. The van der Waals surface area contributed by atoms with Gasteiger partial charge in [0.2, 0.25) is 10.0 Å². The van der Waals surface area contributed by atoms with Gasteiger partial charge < -0.3 is 10.3 Å². The highest BCUT2D eigenvalue weighted by atomic mass is 32.2. The second-order valence-corrected chi connectivity index (χ2v) is 6.73. The van der Waals surface area contributed by atoms with Crippen molar-refractivity contribution in [2.75, 3.05) is 6.54 Å². The zero-order valence-corrected chi connectivity index (χ0v) is 12.2. The van der Waals surface area contributed by atoms with Crippen molar-refractivity contribution in [3.05, 3.63) is 27.0 Å². The predicted octanol–water partition coefficient (Wildman–Crippen LogP) is -1.90. The van der Waals surface area contributed by atoms with Crippen LogP contribution in [0.4, 0.5) is 0 Å². The molecule has 1 aromatic rings. The third-order valence-corrected chi connectivity index (χ3v) is 4.93. The van der Waals surface area contributed by atoms with Crippen LogP contribution in [0.15, 0.2) is 20.7 Å². The molecule has 0 bridgehead atoms. The molecule has 0 amide bonds. The van der Waals surface area contributed by atoms with E-state index >= 15 is 0 Å². The first kappa shape index (κ1) is 14.9. The lowest BCUT2D eigenvalue weighted by Crippen LogP contribution is -2.46. The summed E-state index contributed by atoms with van der Waals surface area (Å²) in [5.41, 5.74) is 4.14. The zero-order chi connectivity index (χ0) is 15.1. The Balaban J connectivity index is 2.44. The topological polar surface area (TPSA) is 116 Å². The van der Waals surface area contributed by atoms with E-state index in [1.54, 1.807) is 0 Å². The molecule has 0 radical (unpaired) electrons. The van der Waals surface area contributed by atoms with Crippen molar-refractivity contribution in [3.63, 3.8) is 0 Å². The Morgan fingerprint density at radius 1 is 1.40 bits per heavy atom. The molecule has 1 aliphatic rings. The van der Waals surface area contributed by atoms with Gasteiger partial charge in [-0.15, -0.1) is 0 Å². The lowest BCUT2D eigenvalue weighted by molar-refractivity contribution is 0.515. The molecule has 8 nitrogen and oxygen atoms in total. The molecule has 0 saturated heterocycles. The molecule has 1 fully saturated rings. The number of hydrogen-bond acceptors (Lipinski definition) is 5. The minimum absolute atomic E-state index is 0.177. The van der Waals surface area contributed by atoms with Crippen LogP contribution in [0.5, 0.6) is 0 Å². The Bertz CT molecular complexity index is 730. The fraction of sp³-hybridized carbons (Fsp3) is 0.636.